The highest BCUT2D eigenvalue weighted by atomic mass is 35.5. The van der Waals surface area contributed by atoms with E-state index >= 15 is 0 Å². The van der Waals surface area contributed by atoms with Crippen LogP contribution in [0.15, 0.2) is 83.7 Å². The molecule has 6 heteroatoms. The van der Waals surface area contributed by atoms with Crippen molar-refractivity contribution in [3.05, 3.63) is 99.9 Å². The summed E-state index contributed by atoms with van der Waals surface area (Å²) in [6.07, 6.45) is 5.08. The van der Waals surface area contributed by atoms with Gasteiger partial charge < -0.3 is 15.2 Å². The maximum atomic E-state index is 12.7. The van der Waals surface area contributed by atoms with Crippen molar-refractivity contribution in [2.75, 3.05) is 6.61 Å². The highest BCUT2D eigenvalue weighted by Gasteiger charge is 2.35. The van der Waals surface area contributed by atoms with Crippen molar-refractivity contribution in [1.29, 1.82) is 0 Å². The van der Waals surface area contributed by atoms with Crippen LogP contribution < -0.4 is 5.32 Å². The minimum absolute atomic E-state index is 0.0679. The number of hydrogen-bond donors (Lipinski definition) is 2. The number of carboxylic acids is 1. The molecule has 0 radical (unpaired) electrons. The normalized spacial score (nSPS) is 16.3. The van der Waals surface area contributed by atoms with E-state index < -0.39 is 17.9 Å². The zero-order chi connectivity index (χ0) is 20.8. The Bertz CT molecular complexity index is 1010. The molecule has 1 aliphatic heterocycles. The Morgan fingerprint density at radius 1 is 1.17 bits per heavy atom. The number of hydrogen-bond acceptors (Lipinski definition) is 4. The van der Waals surface area contributed by atoms with Gasteiger partial charge >= 0.3 is 11.9 Å². The number of nitrogens with one attached hydrogen (secondary N) is 1. The number of carbonyl (C=O) groups is 2. The summed E-state index contributed by atoms with van der Waals surface area (Å²) in [5.74, 6) is -2.48. The summed E-state index contributed by atoms with van der Waals surface area (Å²) in [6, 6.07) is 16.5. The quantitative estimate of drug-likeness (QED) is 0.686. The second-order valence-corrected chi connectivity index (χ2v) is 6.92. The Hall–Kier alpha value is -3.31. The number of rotatable bonds is 6. The lowest BCUT2D eigenvalue weighted by Gasteiger charge is -2.26. The highest BCUT2D eigenvalue weighted by Crippen LogP contribution is 2.37. The van der Waals surface area contributed by atoms with Gasteiger partial charge in [-0.15, -0.1) is 0 Å². The van der Waals surface area contributed by atoms with Crippen LogP contribution in [0.1, 0.15) is 24.0 Å². The number of ether oxygens (including phenoxy) is 1. The average Bonchev–Trinajstić information content (AvgIpc) is 2.71. The molecule has 0 bridgehead atoms. The molecule has 1 heterocycles. The standard InChI is InChI=1S/C23H20ClNO4/c1-15-20(22(26)27)21(17-10-5-11-18(24)13-17)19(14-25-15)23(28)29-12-6-9-16-7-3-2-4-8-16/h2-11,13-14,21,25H,12H2,1H3,(H,26,27)/b9-6+. The van der Waals surface area contributed by atoms with Crippen molar-refractivity contribution in [3.8, 4) is 0 Å². The molecule has 0 aromatic heterocycles. The molecule has 3 rings (SSSR count). The number of esters is 1. The lowest BCUT2D eigenvalue weighted by Crippen LogP contribution is -2.28. The van der Waals surface area contributed by atoms with Crippen molar-refractivity contribution in [1.82, 2.24) is 5.32 Å². The zero-order valence-corrected chi connectivity index (χ0v) is 16.5. The number of benzene rings is 2. The summed E-state index contributed by atoms with van der Waals surface area (Å²) in [7, 11) is 0. The van der Waals surface area contributed by atoms with Gasteiger partial charge in [0.15, 0.2) is 0 Å². The molecule has 2 N–H and O–H groups in total. The summed E-state index contributed by atoms with van der Waals surface area (Å²) >= 11 is 6.09. The molecule has 2 aromatic rings. The fourth-order valence-corrected chi connectivity index (χ4v) is 3.37. The van der Waals surface area contributed by atoms with E-state index in [4.69, 9.17) is 16.3 Å². The third-order valence-corrected chi connectivity index (χ3v) is 4.75. The molecular weight excluding hydrogens is 390 g/mol. The second kappa shape index (κ2) is 9.26. The van der Waals surface area contributed by atoms with Crippen LogP contribution in [0, 0.1) is 0 Å². The van der Waals surface area contributed by atoms with E-state index in [1.807, 2.05) is 36.4 Å². The van der Waals surface area contributed by atoms with Crippen LogP contribution in [0.25, 0.3) is 6.08 Å². The second-order valence-electron chi connectivity index (χ2n) is 6.49. The Morgan fingerprint density at radius 2 is 1.93 bits per heavy atom. The minimum Gasteiger partial charge on any atom is -0.478 e. The molecule has 0 saturated heterocycles. The Kier molecular flexibility index (Phi) is 6.52. The number of carbonyl (C=O) groups excluding carboxylic acids is 1. The first-order valence-electron chi connectivity index (χ1n) is 9.02. The summed E-state index contributed by atoms with van der Waals surface area (Å²) in [4.78, 5) is 24.6. The number of carboxylic acid groups (broad SMARTS) is 1. The molecule has 0 aliphatic carbocycles. The highest BCUT2D eigenvalue weighted by molar-refractivity contribution is 6.30. The van der Waals surface area contributed by atoms with Gasteiger partial charge in [0.25, 0.3) is 0 Å². The summed E-state index contributed by atoms with van der Waals surface area (Å²) < 4.78 is 5.37. The molecular formula is C23H20ClNO4. The van der Waals surface area contributed by atoms with Crippen LogP contribution in [-0.4, -0.2) is 23.7 Å². The minimum atomic E-state index is -1.11. The predicted molar refractivity (Wildman–Crippen MR) is 112 cm³/mol. The maximum Gasteiger partial charge on any atom is 0.336 e. The fourth-order valence-electron chi connectivity index (χ4n) is 3.17. The predicted octanol–water partition coefficient (Wildman–Crippen LogP) is 4.53. The molecule has 0 amide bonds. The van der Waals surface area contributed by atoms with Crippen molar-refractivity contribution >= 4 is 29.6 Å². The van der Waals surface area contributed by atoms with E-state index in [1.54, 1.807) is 37.3 Å². The number of aliphatic carboxylic acids is 1. The molecule has 0 fully saturated rings. The molecule has 2 aromatic carbocycles. The van der Waals surface area contributed by atoms with Gasteiger partial charge in [-0.05, 0) is 36.3 Å². The monoisotopic (exact) mass is 409 g/mol. The van der Waals surface area contributed by atoms with E-state index in [0.29, 0.717) is 16.3 Å². The third kappa shape index (κ3) is 4.95. The Morgan fingerprint density at radius 3 is 2.62 bits per heavy atom. The maximum absolute atomic E-state index is 12.7. The van der Waals surface area contributed by atoms with Crippen LogP contribution in [0.2, 0.25) is 5.02 Å². The third-order valence-electron chi connectivity index (χ3n) is 4.52. The SMILES string of the molecule is CC1=C(C(=O)O)C(c2cccc(Cl)c2)C(C(=O)OC/C=C/c2ccccc2)=CN1. The van der Waals surface area contributed by atoms with E-state index in [9.17, 15) is 14.7 Å². The fraction of sp³-hybridized carbons (Fsp3) is 0.130. The van der Waals surface area contributed by atoms with E-state index in [2.05, 4.69) is 5.32 Å². The van der Waals surface area contributed by atoms with Gasteiger partial charge in [-0.2, -0.15) is 0 Å². The molecule has 1 unspecified atom stereocenters. The first-order chi connectivity index (χ1) is 14.0. The average molecular weight is 410 g/mol. The summed E-state index contributed by atoms with van der Waals surface area (Å²) in [5, 5.41) is 13.0. The van der Waals surface area contributed by atoms with Gasteiger partial charge in [-0.1, -0.05) is 60.1 Å². The van der Waals surface area contributed by atoms with Crippen molar-refractivity contribution in [2.24, 2.45) is 0 Å². The molecule has 0 saturated carbocycles. The lowest BCUT2D eigenvalue weighted by molar-refractivity contribution is -0.138. The van der Waals surface area contributed by atoms with Crippen LogP contribution in [-0.2, 0) is 14.3 Å². The van der Waals surface area contributed by atoms with Gasteiger partial charge in [0.05, 0.1) is 17.1 Å². The van der Waals surface area contributed by atoms with Gasteiger partial charge in [-0.3, -0.25) is 0 Å². The summed E-state index contributed by atoms with van der Waals surface area (Å²) in [5.41, 5.74) is 2.36. The smallest absolute Gasteiger partial charge is 0.336 e. The molecule has 1 aliphatic rings. The van der Waals surface area contributed by atoms with E-state index in [-0.39, 0.29) is 17.8 Å². The van der Waals surface area contributed by atoms with Gasteiger partial charge in [0.2, 0.25) is 0 Å². The van der Waals surface area contributed by atoms with Crippen LogP contribution in [0.4, 0.5) is 0 Å². The number of halogens is 1. The Labute approximate surface area is 174 Å². The van der Waals surface area contributed by atoms with E-state index in [1.165, 1.54) is 6.20 Å². The first-order valence-corrected chi connectivity index (χ1v) is 9.40. The molecule has 148 valence electrons. The largest absolute Gasteiger partial charge is 0.478 e. The number of allylic oxidation sites excluding steroid dienone is 1. The molecule has 5 nitrogen and oxygen atoms in total. The molecule has 29 heavy (non-hydrogen) atoms. The molecule has 0 spiro atoms. The van der Waals surface area contributed by atoms with Gasteiger partial charge in [-0.25, -0.2) is 9.59 Å². The first kappa shape index (κ1) is 20.4. The topological polar surface area (TPSA) is 75.6 Å². The molecule has 1 atom stereocenters. The number of dihydropyridines is 1. The van der Waals surface area contributed by atoms with Crippen molar-refractivity contribution in [3.63, 3.8) is 0 Å². The summed E-state index contributed by atoms with van der Waals surface area (Å²) in [6.45, 7) is 1.72. The van der Waals surface area contributed by atoms with Crippen molar-refractivity contribution in [2.45, 2.75) is 12.8 Å². The van der Waals surface area contributed by atoms with Crippen LogP contribution in [0.3, 0.4) is 0 Å². The van der Waals surface area contributed by atoms with Gasteiger partial charge in [0.1, 0.15) is 6.61 Å². The van der Waals surface area contributed by atoms with Crippen LogP contribution in [0.5, 0.6) is 0 Å². The Balaban J connectivity index is 1.81. The zero-order valence-electron chi connectivity index (χ0n) is 15.8. The van der Waals surface area contributed by atoms with Crippen LogP contribution >= 0.6 is 11.6 Å². The van der Waals surface area contributed by atoms with Crippen molar-refractivity contribution < 1.29 is 19.4 Å². The lowest BCUT2D eigenvalue weighted by atomic mass is 9.82. The van der Waals surface area contributed by atoms with Gasteiger partial charge in [0, 0.05) is 16.9 Å². The van der Waals surface area contributed by atoms with E-state index in [0.717, 1.165) is 5.56 Å².